The predicted molar refractivity (Wildman–Crippen MR) is 99.3 cm³/mol. The van der Waals surface area contributed by atoms with Crippen molar-refractivity contribution in [3.05, 3.63) is 0 Å². The van der Waals surface area contributed by atoms with E-state index in [0.29, 0.717) is 6.61 Å². The van der Waals surface area contributed by atoms with Crippen LogP contribution in [0.25, 0.3) is 0 Å². The maximum absolute atomic E-state index is 15.1. The summed E-state index contributed by atoms with van der Waals surface area (Å²) < 4.78 is 20.7. The van der Waals surface area contributed by atoms with Crippen molar-refractivity contribution in [2.45, 2.75) is 76.4 Å². The highest BCUT2D eigenvalue weighted by atomic mass is 28.3. The second kappa shape index (κ2) is 7.38. The van der Waals surface area contributed by atoms with Crippen LogP contribution in [-0.4, -0.2) is 66.7 Å². The summed E-state index contributed by atoms with van der Waals surface area (Å²) in [6, 6.07) is 0.430. The van der Waals surface area contributed by atoms with E-state index in [1.807, 2.05) is 0 Å². The van der Waals surface area contributed by atoms with E-state index in [9.17, 15) is 14.4 Å². The van der Waals surface area contributed by atoms with Crippen LogP contribution >= 0.6 is 0 Å². The van der Waals surface area contributed by atoms with Crippen LogP contribution in [0.1, 0.15) is 39.5 Å². The minimum Gasteiger partial charge on any atom is -0.361 e. The normalized spacial score (nSPS) is 23.1. The molecule has 0 aromatic rings. The average Bonchev–Trinajstić information content (AvgIpc) is 2.67. The van der Waals surface area contributed by atoms with Gasteiger partial charge in [-0.05, 0) is 32.7 Å². The quantitative estimate of drug-likeness (QED) is 0.383. The molecule has 0 unspecified atom stereocenters. The number of Topliss-reactive ketones (excluding diaryl/α,β-unsaturated/α-hetero) is 1. The molecule has 0 aromatic carbocycles. The van der Waals surface area contributed by atoms with Gasteiger partial charge in [-0.2, -0.15) is 0 Å². The fraction of sp³-hybridized carbons (Fsp3) is 0.833. The summed E-state index contributed by atoms with van der Waals surface area (Å²) in [6.07, 6.45) is 0.589. The first-order chi connectivity index (χ1) is 11.9. The number of imide groups is 1. The molecule has 0 spiro atoms. The molecule has 6 nitrogen and oxygen atoms in total. The van der Waals surface area contributed by atoms with Crippen LogP contribution in [0.4, 0.5) is 9.18 Å². The number of hydrogen-bond acceptors (Lipinski definition) is 4. The summed E-state index contributed by atoms with van der Waals surface area (Å²) in [4.78, 5) is 39.1. The molecule has 0 bridgehead atoms. The average molecular weight is 387 g/mol. The van der Waals surface area contributed by atoms with Crippen molar-refractivity contribution in [3.8, 4) is 0 Å². The Bertz CT molecular complexity index is 578. The van der Waals surface area contributed by atoms with E-state index in [1.165, 1.54) is 4.90 Å². The second-order valence-corrected chi connectivity index (χ2v) is 14.8. The lowest BCUT2D eigenvalue weighted by molar-refractivity contribution is -0.135. The second-order valence-electron chi connectivity index (χ2n) is 9.20. The highest BCUT2D eigenvalue weighted by molar-refractivity contribution is 6.76. The molecule has 2 fully saturated rings. The van der Waals surface area contributed by atoms with Crippen LogP contribution in [-0.2, 0) is 14.3 Å². The van der Waals surface area contributed by atoms with E-state index in [0.717, 1.165) is 10.9 Å². The van der Waals surface area contributed by atoms with Gasteiger partial charge < -0.3 is 9.64 Å². The molecule has 3 amide bonds. The molecule has 1 aliphatic carbocycles. The lowest BCUT2D eigenvalue weighted by Gasteiger charge is -2.36. The third-order valence-corrected chi connectivity index (χ3v) is 6.97. The highest BCUT2D eigenvalue weighted by Crippen LogP contribution is 2.36. The number of ether oxygens (including phenoxy) is 1. The van der Waals surface area contributed by atoms with Crippen LogP contribution in [0.15, 0.2) is 0 Å². The lowest BCUT2D eigenvalue weighted by Crippen LogP contribution is -2.51. The number of amides is 3. The summed E-state index contributed by atoms with van der Waals surface area (Å²) >= 11 is 0. The number of carbonyl (C=O) groups is 3. The molecule has 2 aliphatic rings. The van der Waals surface area contributed by atoms with Gasteiger partial charge in [0, 0.05) is 27.5 Å². The number of halogens is 1. The first-order valence-corrected chi connectivity index (χ1v) is 13.0. The van der Waals surface area contributed by atoms with Gasteiger partial charge in [-0.15, -0.1) is 0 Å². The molecule has 1 heterocycles. The zero-order chi connectivity index (χ0) is 19.8. The highest BCUT2D eigenvalue weighted by Gasteiger charge is 2.54. The Kier molecular flexibility index (Phi) is 5.97. The Labute approximate surface area is 156 Å². The van der Waals surface area contributed by atoms with Gasteiger partial charge in [0.2, 0.25) is 0 Å². The molecule has 0 atom stereocenters. The summed E-state index contributed by atoms with van der Waals surface area (Å²) in [7, 11) is -1.26. The van der Waals surface area contributed by atoms with Gasteiger partial charge in [0.25, 0.3) is 5.91 Å². The molecule has 8 heteroatoms. The monoisotopic (exact) mass is 386 g/mol. The van der Waals surface area contributed by atoms with Gasteiger partial charge in [0.1, 0.15) is 23.7 Å². The maximum atomic E-state index is 15.1. The van der Waals surface area contributed by atoms with Gasteiger partial charge in [-0.25, -0.2) is 14.1 Å². The summed E-state index contributed by atoms with van der Waals surface area (Å²) in [5.41, 5.74) is -2.73. The molecule has 1 aliphatic heterocycles. The summed E-state index contributed by atoms with van der Waals surface area (Å²) in [6.45, 7) is 10.2. The molecule has 2 rings (SSSR count). The first-order valence-electron chi connectivity index (χ1n) is 9.28. The van der Waals surface area contributed by atoms with Crippen LogP contribution < -0.4 is 0 Å². The van der Waals surface area contributed by atoms with Gasteiger partial charge in [0.15, 0.2) is 0 Å². The maximum Gasteiger partial charge on any atom is 0.329 e. The Morgan fingerprint density at radius 1 is 1.12 bits per heavy atom. The smallest absolute Gasteiger partial charge is 0.329 e. The molecule has 0 radical (unpaired) electrons. The standard InChI is InChI=1S/C18H31FN2O4Si/c1-17(2)15(23)20(13-25-10-11-26(3,4)5)16(24)21(17)12-18(19)8-6-14(22)7-9-18/h6-13H2,1-5H3. The van der Waals surface area contributed by atoms with Gasteiger partial charge in [0.05, 0.1) is 6.54 Å². The van der Waals surface area contributed by atoms with Crippen molar-refractivity contribution in [3.63, 3.8) is 0 Å². The SMILES string of the molecule is CC1(C)C(=O)N(COCC[Si](C)(C)C)C(=O)N1CC1(F)CCC(=O)CC1. The number of rotatable bonds is 7. The number of carbonyl (C=O) groups excluding carboxylic acids is 3. The van der Waals surface area contributed by atoms with E-state index < -0.39 is 25.3 Å². The van der Waals surface area contributed by atoms with E-state index in [1.54, 1.807) is 13.8 Å². The molecular formula is C18H31FN2O4Si. The predicted octanol–water partition coefficient (Wildman–Crippen LogP) is 3.19. The molecule has 0 N–H and O–H groups in total. The van der Waals surface area contributed by atoms with Gasteiger partial charge in [-0.3, -0.25) is 9.59 Å². The van der Waals surface area contributed by atoms with E-state index in [-0.39, 0.29) is 50.6 Å². The third-order valence-electron chi connectivity index (χ3n) is 5.27. The number of urea groups is 1. The third kappa shape index (κ3) is 4.71. The zero-order valence-electron chi connectivity index (χ0n) is 16.6. The summed E-state index contributed by atoms with van der Waals surface area (Å²) in [5, 5.41) is 0. The molecular weight excluding hydrogens is 355 g/mol. The van der Waals surface area contributed by atoms with Crippen molar-refractivity contribution in [1.82, 2.24) is 9.80 Å². The Morgan fingerprint density at radius 2 is 1.69 bits per heavy atom. The van der Waals surface area contributed by atoms with Crippen LogP contribution in [0.5, 0.6) is 0 Å². The van der Waals surface area contributed by atoms with Crippen molar-refractivity contribution in [1.29, 1.82) is 0 Å². The van der Waals surface area contributed by atoms with E-state index in [2.05, 4.69) is 19.6 Å². The fourth-order valence-corrected chi connectivity index (χ4v) is 4.01. The Balaban J connectivity index is 2.01. The van der Waals surface area contributed by atoms with Crippen LogP contribution in [0.3, 0.4) is 0 Å². The molecule has 0 aromatic heterocycles. The topological polar surface area (TPSA) is 66.9 Å². The Hall–Kier alpha value is -1.28. The Morgan fingerprint density at radius 3 is 2.23 bits per heavy atom. The number of hydrogen-bond donors (Lipinski definition) is 0. The number of alkyl halides is 1. The van der Waals surface area contributed by atoms with Crippen molar-refractivity contribution in [2.75, 3.05) is 19.9 Å². The number of ketones is 1. The lowest BCUT2D eigenvalue weighted by atomic mass is 9.84. The molecule has 148 valence electrons. The first kappa shape index (κ1) is 21.0. The van der Waals surface area contributed by atoms with Crippen molar-refractivity contribution >= 4 is 25.8 Å². The van der Waals surface area contributed by atoms with E-state index >= 15 is 4.39 Å². The zero-order valence-corrected chi connectivity index (χ0v) is 17.6. The van der Waals surface area contributed by atoms with Crippen LogP contribution in [0, 0.1) is 0 Å². The fourth-order valence-electron chi connectivity index (χ4n) is 3.25. The van der Waals surface area contributed by atoms with Crippen molar-refractivity contribution < 1.29 is 23.5 Å². The van der Waals surface area contributed by atoms with Crippen LogP contribution in [0.2, 0.25) is 25.7 Å². The van der Waals surface area contributed by atoms with Gasteiger partial charge >= 0.3 is 6.03 Å². The molecule has 1 saturated carbocycles. The largest absolute Gasteiger partial charge is 0.361 e. The van der Waals surface area contributed by atoms with Gasteiger partial charge in [-0.1, -0.05) is 19.6 Å². The minimum absolute atomic E-state index is 0.0544. The molecule has 1 saturated heterocycles. The minimum atomic E-state index is -1.62. The van der Waals surface area contributed by atoms with E-state index in [4.69, 9.17) is 4.74 Å². The molecule has 26 heavy (non-hydrogen) atoms. The van der Waals surface area contributed by atoms with Crippen molar-refractivity contribution in [2.24, 2.45) is 0 Å². The number of nitrogens with zero attached hydrogens (tertiary/aromatic N) is 2. The summed E-state index contributed by atoms with van der Waals surface area (Å²) in [5.74, 6) is -0.315.